The summed E-state index contributed by atoms with van der Waals surface area (Å²) >= 11 is 6.23. The predicted molar refractivity (Wildman–Crippen MR) is 159 cm³/mol. The Kier molecular flexibility index (Phi) is 11.4. The molecule has 3 aromatic rings. The molecule has 1 N–H and O–H groups in total. The summed E-state index contributed by atoms with van der Waals surface area (Å²) in [6.07, 6.45) is 2.99. The summed E-state index contributed by atoms with van der Waals surface area (Å²) in [7, 11) is -2.39. The molecule has 10 heteroatoms. The van der Waals surface area contributed by atoms with Gasteiger partial charge in [0, 0.05) is 30.6 Å². The number of hydrogen-bond donors (Lipinski definition) is 1. The zero-order valence-corrected chi connectivity index (χ0v) is 24.6. The van der Waals surface area contributed by atoms with Gasteiger partial charge in [0.15, 0.2) is 0 Å². The van der Waals surface area contributed by atoms with Crippen molar-refractivity contribution in [3.63, 3.8) is 0 Å². The van der Waals surface area contributed by atoms with E-state index in [-0.39, 0.29) is 24.6 Å². The Bertz CT molecular complexity index is 1380. The summed E-state index contributed by atoms with van der Waals surface area (Å²) < 4.78 is 32.0. The number of sulfonamides is 1. The molecule has 0 aliphatic heterocycles. The first-order chi connectivity index (χ1) is 19.1. The van der Waals surface area contributed by atoms with E-state index in [9.17, 15) is 18.0 Å². The Morgan fingerprint density at radius 2 is 1.68 bits per heavy atom. The minimum atomic E-state index is -3.86. The van der Waals surface area contributed by atoms with Crippen molar-refractivity contribution in [3.8, 4) is 5.75 Å². The summed E-state index contributed by atoms with van der Waals surface area (Å²) in [4.78, 5) is 29.1. The highest BCUT2D eigenvalue weighted by molar-refractivity contribution is 7.92. The van der Waals surface area contributed by atoms with E-state index in [4.69, 9.17) is 16.3 Å². The van der Waals surface area contributed by atoms with Gasteiger partial charge >= 0.3 is 0 Å². The summed E-state index contributed by atoms with van der Waals surface area (Å²) in [5.41, 5.74) is 1.87. The molecule has 0 saturated heterocycles. The number of unbranched alkanes of at least 4 members (excludes halogenated alkanes) is 1. The fraction of sp³-hybridized carbons (Fsp3) is 0.333. The molecule has 3 rings (SSSR count). The van der Waals surface area contributed by atoms with Gasteiger partial charge in [-0.2, -0.15) is 0 Å². The van der Waals surface area contributed by atoms with E-state index in [2.05, 4.69) is 5.32 Å². The lowest BCUT2D eigenvalue weighted by Gasteiger charge is -2.33. The predicted octanol–water partition coefficient (Wildman–Crippen LogP) is 4.67. The average molecular weight is 586 g/mol. The van der Waals surface area contributed by atoms with Crippen LogP contribution < -0.4 is 14.4 Å². The van der Waals surface area contributed by atoms with Gasteiger partial charge in [0.05, 0.1) is 19.1 Å². The smallest absolute Gasteiger partial charge is 0.244 e. The van der Waals surface area contributed by atoms with Crippen LogP contribution in [0, 0.1) is 0 Å². The number of anilines is 1. The molecular weight excluding hydrogens is 550 g/mol. The molecule has 0 spiro atoms. The van der Waals surface area contributed by atoms with Crippen LogP contribution in [0.1, 0.15) is 30.9 Å². The lowest BCUT2D eigenvalue weighted by Crippen LogP contribution is -2.53. The zero-order chi connectivity index (χ0) is 29.1. The lowest BCUT2D eigenvalue weighted by molar-refractivity contribution is -0.140. The number of ether oxygens (including phenoxy) is 1. The number of hydrogen-bond acceptors (Lipinski definition) is 5. The molecule has 0 fully saturated rings. The highest BCUT2D eigenvalue weighted by Crippen LogP contribution is 2.24. The third-order valence-electron chi connectivity index (χ3n) is 6.36. The molecule has 0 heterocycles. The van der Waals surface area contributed by atoms with Gasteiger partial charge in [-0.15, -0.1) is 0 Å². The summed E-state index contributed by atoms with van der Waals surface area (Å²) in [6.45, 7) is 2.06. The zero-order valence-electron chi connectivity index (χ0n) is 23.0. The molecule has 214 valence electrons. The molecule has 0 saturated carbocycles. The second kappa shape index (κ2) is 14.7. The second-order valence-corrected chi connectivity index (χ2v) is 11.8. The van der Waals surface area contributed by atoms with E-state index < -0.39 is 28.5 Å². The Morgan fingerprint density at radius 3 is 2.33 bits per heavy atom. The molecule has 2 amide bonds. The molecular formula is C30H36ClN3O5S. The quantitative estimate of drug-likeness (QED) is 0.277. The number of nitrogens with zero attached hydrogens (tertiary/aromatic N) is 2. The van der Waals surface area contributed by atoms with Crippen LogP contribution in [0.25, 0.3) is 0 Å². The Labute approximate surface area is 241 Å². The number of carbonyl (C=O) groups is 2. The molecule has 40 heavy (non-hydrogen) atoms. The molecule has 0 radical (unpaired) electrons. The molecule has 1 unspecified atom stereocenters. The Balaban J connectivity index is 2.04. The van der Waals surface area contributed by atoms with Crippen LogP contribution in [0.2, 0.25) is 5.02 Å². The molecule has 0 aliphatic carbocycles. The third-order valence-corrected chi connectivity index (χ3v) is 7.74. The van der Waals surface area contributed by atoms with E-state index in [1.807, 2.05) is 43.3 Å². The maximum absolute atomic E-state index is 14.1. The number of halogens is 1. The number of amides is 2. The van der Waals surface area contributed by atoms with Gasteiger partial charge in [-0.1, -0.05) is 73.5 Å². The molecule has 3 aromatic carbocycles. The largest absolute Gasteiger partial charge is 0.497 e. The second-order valence-electron chi connectivity index (χ2n) is 9.47. The van der Waals surface area contributed by atoms with Crippen molar-refractivity contribution < 1.29 is 22.7 Å². The van der Waals surface area contributed by atoms with Crippen molar-refractivity contribution >= 4 is 39.1 Å². The molecule has 8 nitrogen and oxygen atoms in total. The third kappa shape index (κ3) is 8.99. The minimum absolute atomic E-state index is 0.0633. The maximum Gasteiger partial charge on any atom is 0.244 e. The molecule has 1 atom stereocenters. The fourth-order valence-corrected chi connectivity index (χ4v) is 5.33. The van der Waals surface area contributed by atoms with Crippen molar-refractivity contribution in [2.24, 2.45) is 0 Å². The number of carbonyl (C=O) groups excluding carboxylic acids is 2. The van der Waals surface area contributed by atoms with Gasteiger partial charge in [-0.3, -0.25) is 13.9 Å². The van der Waals surface area contributed by atoms with Gasteiger partial charge < -0.3 is 15.0 Å². The Hall–Kier alpha value is -3.56. The van der Waals surface area contributed by atoms with E-state index in [0.717, 1.165) is 29.0 Å². The average Bonchev–Trinajstić information content (AvgIpc) is 2.93. The van der Waals surface area contributed by atoms with Gasteiger partial charge in [0.2, 0.25) is 21.8 Å². The maximum atomic E-state index is 14.1. The highest BCUT2D eigenvalue weighted by Gasteiger charge is 2.33. The first kappa shape index (κ1) is 31.0. The standard InChI is InChI=1S/C30H36ClN3O5S/c1-4-5-17-32-30(36)28(19-23-11-7-6-8-12-23)33(21-24-13-9-14-25(31)18-24)29(35)22-34(40(3,37)38)26-15-10-16-27(20-26)39-2/h6-16,18,20,28H,4-5,17,19,21-22H2,1-3H3,(H,32,36). The highest BCUT2D eigenvalue weighted by atomic mass is 35.5. The first-order valence-electron chi connectivity index (χ1n) is 13.1. The topological polar surface area (TPSA) is 96.0 Å². The van der Waals surface area contributed by atoms with E-state index >= 15 is 0 Å². The van der Waals surface area contributed by atoms with Crippen molar-refractivity contribution in [1.29, 1.82) is 0 Å². The molecule has 0 bridgehead atoms. The SMILES string of the molecule is CCCCNC(=O)C(Cc1ccccc1)N(Cc1cccc(Cl)c1)C(=O)CN(c1cccc(OC)c1)S(C)(=O)=O. The van der Waals surface area contributed by atoms with E-state index in [0.29, 0.717) is 22.9 Å². The summed E-state index contributed by atoms with van der Waals surface area (Å²) in [5.74, 6) is -0.383. The normalized spacial score (nSPS) is 11.9. The van der Waals surface area contributed by atoms with E-state index in [1.54, 1.807) is 42.5 Å². The van der Waals surface area contributed by atoms with Crippen molar-refractivity contribution in [2.75, 3.05) is 30.8 Å². The van der Waals surface area contributed by atoms with Gasteiger partial charge in [-0.05, 0) is 41.8 Å². The number of rotatable bonds is 14. The first-order valence-corrected chi connectivity index (χ1v) is 15.3. The lowest BCUT2D eigenvalue weighted by atomic mass is 10.0. The van der Waals surface area contributed by atoms with Gasteiger partial charge in [0.25, 0.3) is 0 Å². The minimum Gasteiger partial charge on any atom is -0.497 e. The van der Waals surface area contributed by atoms with Crippen LogP contribution in [0.4, 0.5) is 5.69 Å². The monoisotopic (exact) mass is 585 g/mol. The summed E-state index contributed by atoms with van der Waals surface area (Å²) in [6, 6.07) is 22.1. The number of nitrogens with one attached hydrogen (secondary N) is 1. The van der Waals surface area contributed by atoms with Crippen LogP contribution in [-0.2, 0) is 32.6 Å². The van der Waals surface area contributed by atoms with Crippen molar-refractivity contribution in [2.45, 2.75) is 38.8 Å². The summed E-state index contributed by atoms with van der Waals surface area (Å²) in [5, 5.41) is 3.45. The molecule has 0 aliphatic rings. The van der Waals surface area contributed by atoms with Crippen molar-refractivity contribution in [3.05, 3.63) is 95.0 Å². The van der Waals surface area contributed by atoms with Crippen LogP contribution in [-0.4, -0.2) is 57.6 Å². The number of methoxy groups -OCH3 is 1. The van der Waals surface area contributed by atoms with Crippen LogP contribution >= 0.6 is 11.6 Å². The van der Waals surface area contributed by atoms with Crippen LogP contribution in [0.5, 0.6) is 5.75 Å². The Morgan fingerprint density at radius 1 is 0.975 bits per heavy atom. The van der Waals surface area contributed by atoms with Crippen molar-refractivity contribution in [1.82, 2.24) is 10.2 Å². The fourth-order valence-electron chi connectivity index (χ4n) is 4.27. The number of benzene rings is 3. The molecule has 0 aromatic heterocycles. The van der Waals surface area contributed by atoms with E-state index in [1.165, 1.54) is 12.0 Å². The van der Waals surface area contributed by atoms with Crippen LogP contribution in [0.15, 0.2) is 78.9 Å². The van der Waals surface area contributed by atoms with Gasteiger partial charge in [0.1, 0.15) is 18.3 Å². The van der Waals surface area contributed by atoms with Gasteiger partial charge in [-0.25, -0.2) is 8.42 Å². The van der Waals surface area contributed by atoms with Crippen LogP contribution in [0.3, 0.4) is 0 Å².